The monoisotopic (exact) mass is 367 g/mol. The minimum Gasteiger partial charge on any atom is -0.497 e. The smallest absolute Gasteiger partial charge is 0.182 e. The lowest BCUT2D eigenvalue weighted by molar-refractivity contribution is 0.415. The molecular formula is C24H21N3O. The summed E-state index contributed by atoms with van der Waals surface area (Å²) >= 11 is 0. The van der Waals surface area contributed by atoms with E-state index in [1.165, 1.54) is 11.1 Å². The van der Waals surface area contributed by atoms with Gasteiger partial charge in [-0.25, -0.2) is 4.98 Å². The molecule has 0 aliphatic rings. The number of hydrogen-bond donors (Lipinski definition) is 0. The Morgan fingerprint density at radius 1 is 0.643 bits per heavy atom. The highest BCUT2D eigenvalue weighted by molar-refractivity contribution is 5.79. The number of methoxy groups -OCH3 is 1. The molecule has 3 aromatic carbocycles. The third-order valence-corrected chi connectivity index (χ3v) is 4.66. The number of aryl methyl sites for hydroxylation is 2. The van der Waals surface area contributed by atoms with Crippen LogP contribution in [0.3, 0.4) is 0 Å². The molecular weight excluding hydrogens is 346 g/mol. The molecule has 28 heavy (non-hydrogen) atoms. The molecule has 1 heterocycles. The van der Waals surface area contributed by atoms with Gasteiger partial charge in [0.1, 0.15) is 17.1 Å². The van der Waals surface area contributed by atoms with E-state index in [2.05, 4.69) is 72.6 Å². The van der Waals surface area contributed by atoms with E-state index in [1.54, 1.807) is 7.11 Å². The summed E-state index contributed by atoms with van der Waals surface area (Å²) < 4.78 is 5.33. The van der Waals surface area contributed by atoms with Crippen molar-refractivity contribution in [3.8, 4) is 39.7 Å². The molecule has 4 heteroatoms. The van der Waals surface area contributed by atoms with Crippen LogP contribution in [-0.4, -0.2) is 22.3 Å². The summed E-state index contributed by atoms with van der Waals surface area (Å²) in [5, 5.41) is 8.97. The first-order valence-corrected chi connectivity index (χ1v) is 9.17. The van der Waals surface area contributed by atoms with Gasteiger partial charge in [0.05, 0.1) is 7.11 Å². The molecule has 0 fully saturated rings. The Morgan fingerprint density at radius 3 is 1.86 bits per heavy atom. The molecule has 138 valence electrons. The van der Waals surface area contributed by atoms with Gasteiger partial charge in [-0.15, -0.1) is 10.2 Å². The summed E-state index contributed by atoms with van der Waals surface area (Å²) in [7, 11) is 1.65. The van der Waals surface area contributed by atoms with E-state index in [1.807, 2.05) is 24.3 Å². The maximum absolute atomic E-state index is 5.33. The van der Waals surface area contributed by atoms with Gasteiger partial charge < -0.3 is 4.74 Å². The molecule has 0 bridgehead atoms. The Kier molecular flexibility index (Phi) is 4.85. The van der Waals surface area contributed by atoms with Gasteiger partial charge >= 0.3 is 0 Å². The van der Waals surface area contributed by atoms with Gasteiger partial charge in [0.25, 0.3) is 0 Å². The van der Waals surface area contributed by atoms with Gasteiger partial charge in [0.2, 0.25) is 0 Å². The van der Waals surface area contributed by atoms with Gasteiger partial charge in [-0.3, -0.25) is 0 Å². The Morgan fingerprint density at radius 2 is 1.25 bits per heavy atom. The van der Waals surface area contributed by atoms with Crippen LogP contribution in [-0.2, 0) is 0 Å². The average molecular weight is 367 g/mol. The minimum atomic E-state index is 0.574. The zero-order chi connectivity index (χ0) is 19.5. The number of rotatable bonds is 4. The van der Waals surface area contributed by atoms with Crippen LogP contribution in [0.5, 0.6) is 5.75 Å². The standard InChI is InChI=1S/C24H21N3O/c1-16-7-11-18(12-8-16)22-23(19-13-9-17(2)10-14-19)26-27-24(25-22)20-5-4-6-21(15-20)28-3/h4-15H,1-3H3. The van der Waals surface area contributed by atoms with Crippen LogP contribution in [0.25, 0.3) is 33.9 Å². The number of ether oxygens (including phenoxy) is 1. The molecule has 0 radical (unpaired) electrons. The van der Waals surface area contributed by atoms with Crippen molar-refractivity contribution in [2.75, 3.05) is 7.11 Å². The van der Waals surface area contributed by atoms with Crippen molar-refractivity contribution < 1.29 is 4.74 Å². The fraction of sp³-hybridized carbons (Fsp3) is 0.125. The zero-order valence-corrected chi connectivity index (χ0v) is 16.2. The van der Waals surface area contributed by atoms with E-state index in [9.17, 15) is 0 Å². The maximum atomic E-state index is 5.33. The predicted molar refractivity (Wildman–Crippen MR) is 112 cm³/mol. The van der Waals surface area contributed by atoms with E-state index < -0.39 is 0 Å². The normalized spacial score (nSPS) is 10.7. The Labute approximate surface area is 164 Å². The van der Waals surface area contributed by atoms with Crippen LogP contribution in [0.1, 0.15) is 11.1 Å². The second-order valence-electron chi connectivity index (χ2n) is 6.80. The van der Waals surface area contributed by atoms with E-state index in [-0.39, 0.29) is 0 Å². The summed E-state index contributed by atoms with van der Waals surface area (Å²) in [6, 6.07) is 24.3. The fourth-order valence-electron chi connectivity index (χ4n) is 3.03. The first-order valence-electron chi connectivity index (χ1n) is 9.17. The first-order chi connectivity index (χ1) is 13.6. The topological polar surface area (TPSA) is 47.9 Å². The van der Waals surface area contributed by atoms with Crippen molar-refractivity contribution in [1.29, 1.82) is 0 Å². The molecule has 0 saturated heterocycles. The lowest BCUT2D eigenvalue weighted by Gasteiger charge is -2.11. The zero-order valence-electron chi connectivity index (χ0n) is 16.2. The summed E-state index contributed by atoms with van der Waals surface area (Å²) in [6.07, 6.45) is 0. The van der Waals surface area contributed by atoms with Crippen LogP contribution in [0.4, 0.5) is 0 Å². The van der Waals surface area contributed by atoms with Crippen molar-refractivity contribution in [2.45, 2.75) is 13.8 Å². The Hall–Kier alpha value is -3.53. The molecule has 1 aromatic heterocycles. The first kappa shape index (κ1) is 17.9. The largest absolute Gasteiger partial charge is 0.497 e. The lowest BCUT2D eigenvalue weighted by Crippen LogP contribution is -2.00. The average Bonchev–Trinajstić information content (AvgIpc) is 2.74. The third kappa shape index (κ3) is 3.62. The quantitative estimate of drug-likeness (QED) is 0.478. The minimum absolute atomic E-state index is 0.574. The molecule has 4 rings (SSSR count). The van der Waals surface area contributed by atoms with Crippen LogP contribution >= 0.6 is 0 Å². The molecule has 0 aliphatic carbocycles. The summed E-state index contributed by atoms with van der Waals surface area (Å²) in [6.45, 7) is 4.14. The second kappa shape index (κ2) is 7.61. The van der Waals surface area contributed by atoms with Gasteiger partial charge in [0.15, 0.2) is 5.82 Å². The number of nitrogens with zero attached hydrogens (tertiary/aromatic N) is 3. The molecule has 0 unspecified atom stereocenters. The summed E-state index contributed by atoms with van der Waals surface area (Å²) in [5.74, 6) is 1.34. The Balaban J connectivity index is 1.89. The highest BCUT2D eigenvalue weighted by Crippen LogP contribution is 2.31. The van der Waals surface area contributed by atoms with E-state index >= 15 is 0 Å². The van der Waals surface area contributed by atoms with Crippen LogP contribution in [0.15, 0.2) is 72.8 Å². The molecule has 0 amide bonds. The number of aromatic nitrogens is 3. The lowest BCUT2D eigenvalue weighted by atomic mass is 10.0. The van der Waals surface area contributed by atoms with Crippen molar-refractivity contribution in [3.63, 3.8) is 0 Å². The molecule has 0 atom stereocenters. The molecule has 0 N–H and O–H groups in total. The van der Waals surface area contributed by atoms with Crippen molar-refractivity contribution in [1.82, 2.24) is 15.2 Å². The molecule has 0 aliphatic heterocycles. The highest BCUT2D eigenvalue weighted by atomic mass is 16.5. The number of hydrogen-bond acceptors (Lipinski definition) is 4. The Bertz CT molecular complexity index is 1100. The SMILES string of the molecule is COc1cccc(-c2nnc(-c3ccc(C)cc3)c(-c3ccc(C)cc3)n2)c1. The van der Waals surface area contributed by atoms with E-state index in [0.717, 1.165) is 33.8 Å². The summed E-state index contributed by atoms with van der Waals surface area (Å²) in [5.41, 5.74) is 6.88. The molecule has 4 aromatic rings. The van der Waals surface area contributed by atoms with Crippen LogP contribution in [0.2, 0.25) is 0 Å². The van der Waals surface area contributed by atoms with Crippen molar-refractivity contribution in [3.05, 3.63) is 83.9 Å². The van der Waals surface area contributed by atoms with Gasteiger partial charge in [-0.2, -0.15) is 0 Å². The fourth-order valence-corrected chi connectivity index (χ4v) is 3.03. The molecule has 0 spiro atoms. The maximum Gasteiger partial charge on any atom is 0.182 e. The van der Waals surface area contributed by atoms with E-state index in [0.29, 0.717) is 5.82 Å². The highest BCUT2D eigenvalue weighted by Gasteiger charge is 2.15. The second-order valence-corrected chi connectivity index (χ2v) is 6.80. The van der Waals surface area contributed by atoms with Gasteiger partial charge in [-0.1, -0.05) is 71.8 Å². The van der Waals surface area contributed by atoms with Gasteiger partial charge in [-0.05, 0) is 26.0 Å². The van der Waals surface area contributed by atoms with Crippen molar-refractivity contribution in [2.24, 2.45) is 0 Å². The van der Waals surface area contributed by atoms with Crippen LogP contribution < -0.4 is 4.74 Å². The predicted octanol–water partition coefficient (Wildman–Crippen LogP) is 5.50. The molecule has 0 saturated carbocycles. The third-order valence-electron chi connectivity index (χ3n) is 4.66. The van der Waals surface area contributed by atoms with Gasteiger partial charge in [0, 0.05) is 16.7 Å². The number of benzene rings is 3. The summed E-state index contributed by atoms with van der Waals surface area (Å²) in [4.78, 5) is 4.89. The van der Waals surface area contributed by atoms with Crippen molar-refractivity contribution >= 4 is 0 Å². The van der Waals surface area contributed by atoms with E-state index in [4.69, 9.17) is 9.72 Å². The van der Waals surface area contributed by atoms with Crippen LogP contribution in [0, 0.1) is 13.8 Å². The molecule has 4 nitrogen and oxygen atoms in total.